The van der Waals surface area contributed by atoms with Crippen LogP contribution in [0.3, 0.4) is 0 Å². The van der Waals surface area contributed by atoms with Gasteiger partial charge in [-0.1, -0.05) is 23.2 Å². The van der Waals surface area contributed by atoms with Crippen molar-refractivity contribution < 1.29 is 4.74 Å². The summed E-state index contributed by atoms with van der Waals surface area (Å²) < 4.78 is 5.95. The van der Waals surface area contributed by atoms with Crippen molar-refractivity contribution in [3.05, 3.63) is 57.6 Å². The number of benzene rings is 2. The maximum atomic E-state index is 5.99. The van der Waals surface area contributed by atoms with E-state index in [1.807, 2.05) is 0 Å². The monoisotopic (exact) mass is 314 g/mol. The molecular weight excluding hydrogens is 303 g/mol. The van der Waals surface area contributed by atoms with Crippen LogP contribution in [0.2, 0.25) is 10.0 Å². The van der Waals surface area contributed by atoms with Gasteiger partial charge in [-0.2, -0.15) is 0 Å². The van der Waals surface area contributed by atoms with Crippen molar-refractivity contribution >= 4 is 23.2 Å². The summed E-state index contributed by atoms with van der Waals surface area (Å²) in [5.41, 5.74) is 1.71. The van der Waals surface area contributed by atoms with Crippen LogP contribution in [0.5, 0.6) is 11.5 Å². The van der Waals surface area contributed by atoms with Crippen LogP contribution < -0.4 is 4.74 Å². The van der Waals surface area contributed by atoms with E-state index in [1.54, 1.807) is 36.4 Å². The van der Waals surface area contributed by atoms with Crippen LogP contribution in [0.1, 0.15) is 11.1 Å². The molecule has 0 radical (unpaired) electrons. The van der Waals surface area contributed by atoms with Crippen LogP contribution in [-0.4, -0.2) is 0 Å². The lowest BCUT2D eigenvalue weighted by Gasteiger charge is -2.13. The molecule has 2 aromatic carbocycles. The predicted molar refractivity (Wildman–Crippen MR) is 88.1 cm³/mol. The molecule has 0 atom stereocenters. The highest BCUT2D eigenvalue weighted by Gasteiger charge is 2.09. The minimum atomic E-state index is 0.438. The molecule has 0 unspecified atom stereocenters. The summed E-state index contributed by atoms with van der Waals surface area (Å²) in [6.07, 6.45) is 11.6. The lowest BCUT2D eigenvalue weighted by molar-refractivity contribution is 0.473. The first kappa shape index (κ1) is 15.3. The van der Waals surface area contributed by atoms with Gasteiger partial charge in [0, 0.05) is 34.0 Å². The van der Waals surface area contributed by atoms with Crippen molar-refractivity contribution in [3.8, 4) is 36.2 Å². The second-order valence-corrected chi connectivity index (χ2v) is 5.24. The second-order valence-electron chi connectivity index (χ2n) is 4.37. The molecule has 0 bridgehead atoms. The molecule has 0 fully saturated rings. The summed E-state index contributed by atoms with van der Waals surface area (Å²) in [5.74, 6) is 6.52. The van der Waals surface area contributed by atoms with Crippen LogP contribution in [0.25, 0.3) is 0 Å². The Morgan fingerprint density at radius 2 is 1.24 bits per heavy atom. The molecule has 0 N–H and O–H groups in total. The summed E-state index contributed by atoms with van der Waals surface area (Å²) in [6, 6.07) is 10.7. The van der Waals surface area contributed by atoms with E-state index in [2.05, 4.69) is 11.8 Å². The molecule has 0 aromatic heterocycles. The third-order valence-electron chi connectivity index (χ3n) is 2.85. The van der Waals surface area contributed by atoms with Crippen molar-refractivity contribution in [3.63, 3.8) is 0 Å². The molecule has 0 spiro atoms. The SMILES string of the molecule is C#CCc1cc(Cl)ccc1Oc1ccc(Cl)cc1CC#C. The lowest BCUT2D eigenvalue weighted by atomic mass is 10.1. The van der Waals surface area contributed by atoms with E-state index >= 15 is 0 Å². The highest BCUT2D eigenvalue weighted by Crippen LogP contribution is 2.32. The molecule has 1 nitrogen and oxygen atoms in total. The topological polar surface area (TPSA) is 9.23 Å². The summed E-state index contributed by atoms with van der Waals surface area (Å²) in [6.45, 7) is 0. The van der Waals surface area contributed by atoms with Gasteiger partial charge in [0.25, 0.3) is 0 Å². The maximum Gasteiger partial charge on any atom is 0.131 e. The lowest BCUT2D eigenvalue weighted by Crippen LogP contribution is -1.95. The van der Waals surface area contributed by atoms with E-state index in [-0.39, 0.29) is 0 Å². The van der Waals surface area contributed by atoms with Gasteiger partial charge in [-0.05, 0) is 36.4 Å². The van der Waals surface area contributed by atoms with Crippen LogP contribution >= 0.6 is 23.2 Å². The van der Waals surface area contributed by atoms with Crippen LogP contribution in [0.15, 0.2) is 36.4 Å². The zero-order valence-corrected chi connectivity index (χ0v) is 12.7. The number of hydrogen-bond donors (Lipinski definition) is 0. The molecule has 0 saturated heterocycles. The fraction of sp³-hybridized carbons (Fsp3) is 0.111. The minimum absolute atomic E-state index is 0.438. The first-order valence-corrected chi connectivity index (χ1v) is 7.01. The normalized spacial score (nSPS) is 9.71. The van der Waals surface area contributed by atoms with E-state index < -0.39 is 0 Å². The Morgan fingerprint density at radius 3 is 1.62 bits per heavy atom. The Morgan fingerprint density at radius 1 is 0.810 bits per heavy atom. The molecule has 2 aromatic rings. The molecule has 0 aliphatic heterocycles. The summed E-state index contributed by atoms with van der Waals surface area (Å²) >= 11 is 12.0. The van der Waals surface area contributed by atoms with E-state index in [4.69, 9.17) is 40.8 Å². The van der Waals surface area contributed by atoms with E-state index in [0.717, 1.165) is 11.1 Å². The van der Waals surface area contributed by atoms with Crippen LogP contribution in [0, 0.1) is 24.7 Å². The number of halogens is 2. The van der Waals surface area contributed by atoms with Gasteiger partial charge < -0.3 is 4.74 Å². The van der Waals surface area contributed by atoms with Gasteiger partial charge in [0.15, 0.2) is 0 Å². The summed E-state index contributed by atoms with van der Waals surface area (Å²) in [4.78, 5) is 0. The smallest absolute Gasteiger partial charge is 0.131 e. The largest absolute Gasteiger partial charge is 0.457 e. The number of ether oxygens (including phenoxy) is 1. The molecule has 104 valence electrons. The Kier molecular flexibility index (Phi) is 5.18. The first-order valence-electron chi connectivity index (χ1n) is 6.25. The van der Waals surface area contributed by atoms with Crippen molar-refractivity contribution in [2.45, 2.75) is 12.8 Å². The van der Waals surface area contributed by atoms with Crippen molar-refractivity contribution in [2.75, 3.05) is 0 Å². The van der Waals surface area contributed by atoms with Gasteiger partial charge in [0.2, 0.25) is 0 Å². The number of terminal acetylenes is 2. The van der Waals surface area contributed by atoms with Gasteiger partial charge in [0.05, 0.1) is 0 Å². The molecule has 0 aliphatic rings. The van der Waals surface area contributed by atoms with Gasteiger partial charge in [0.1, 0.15) is 11.5 Å². The Hall–Kier alpha value is -2.06. The molecule has 3 heteroatoms. The average Bonchev–Trinajstić information content (AvgIpc) is 2.45. The Bertz CT molecular complexity index is 672. The quantitative estimate of drug-likeness (QED) is 0.710. The third-order valence-corrected chi connectivity index (χ3v) is 3.32. The van der Waals surface area contributed by atoms with Crippen molar-refractivity contribution in [1.82, 2.24) is 0 Å². The highest BCUT2D eigenvalue weighted by atomic mass is 35.5. The van der Waals surface area contributed by atoms with Crippen molar-refractivity contribution in [2.24, 2.45) is 0 Å². The van der Waals surface area contributed by atoms with Gasteiger partial charge in [-0.3, -0.25) is 0 Å². The maximum absolute atomic E-state index is 5.99. The molecule has 0 aliphatic carbocycles. The van der Waals surface area contributed by atoms with E-state index in [1.165, 1.54) is 0 Å². The third kappa shape index (κ3) is 3.96. The van der Waals surface area contributed by atoms with Crippen LogP contribution in [0.4, 0.5) is 0 Å². The molecule has 2 rings (SSSR count). The minimum Gasteiger partial charge on any atom is -0.457 e. The summed E-state index contributed by atoms with van der Waals surface area (Å²) in [7, 11) is 0. The van der Waals surface area contributed by atoms with Gasteiger partial charge in [-0.25, -0.2) is 0 Å². The van der Waals surface area contributed by atoms with E-state index in [0.29, 0.717) is 34.4 Å². The zero-order chi connectivity index (χ0) is 15.2. The fourth-order valence-corrected chi connectivity index (χ4v) is 2.30. The average molecular weight is 315 g/mol. The summed E-state index contributed by atoms with van der Waals surface area (Å²) in [5, 5.41) is 1.24. The Labute approximate surface area is 134 Å². The number of hydrogen-bond acceptors (Lipinski definition) is 1. The van der Waals surface area contributed by atoms with E-state index in [9.17, 15) is 0 Å². The molecule has 0 amide bonds. The van der Waals surface area contributed by atoms with Crippen LogP contribution in [-0.2, 0) is 12.8 Å². The highest BCUT2D eigenvalue weighted by molar-refractivity contribution is 6.31. The first-order chi connectivity index (χ1) is 10.1. The second kappa shape index (κ2) is 7.09. The number of rotatable bonds is 4. The standard InChI is InChI=1S/C18H12Cl2O/c1-3-5-13-11-15(19)7-9-17(13)21-18-10-8-16(20)12-14(18)6-4-2/h1-2,7-12H,5-6H2. The molecule has 0 heterocycles. The zero-order valence-electron chi connectivity index (χ0n) is 11.2. The van der Waals surface area contributed by atoms with Gasteiger partial charge >= 0.3 is 0 Å². The predicted octanol–water partition coefficient (Wildman–Crippen LogP) is 5.14. The van der Waals surface area contributed by atoms with Crippen molar-refractivity contribution in [1.29, 1.82) is 0 Å². The Balaban J connectivity index is 2.39. The molecule has 21 heavy (non-hydrogen) atoms. The van der Waals surface area contributed by atoms with Gasteiger partial charge in [-0.15, -0.1) is 24.7 Å². The fourth-order valence-electron chi connectivity index (χ4n) is 1.91. The molecular formula is C18H12Cl2O. The molecule has 0 saturated carbocycles.